The van der Waals surface area contributed by atoms with E-state index in [0.717, 1.165) is 44.6 Å². The molecular weight excluding hydrogens is 376 g/mol. The molecule has 6 nitrogen and oxygen atoms in total. The van der Waals surface area contributed by atoms with Gasteiger partial charge in [-0.2, -0.15) is 5.26 Å². The second kappa shape index (κ2) is 8.37. The third kappa shape index (κ3) is 4.08. The summed E-state index contributed by atoms with van der Waals surface area (Å²) in [5, 5.41) is 9.14. The smallest absolute Gasteiger partial charge is 0.320 e. The van der Waals surface area contributed by atoms with Crippen molar-refractivity contribution in [1.29, 1.82) is 5.26 Å². The van der Waals surface area contributed by atoms with Crippen LogP contribution < -0.4 is 9.64 Å². The molecule has 4 saturated heterocycles. The van der Waals surface area contributed by atoms with Gasteiger partial charge >= 0.3 is 6.03 Å². The van der Waals surface area contributed by atoms with Crippen LogP contribution in [-0.4, -0.2) is 61.2 Å². The van der Waals surface area contributed by atoms with Gasteiger partial charge in [0.15, 0.2) is 0 Å². The third-order valence-electron chi connectivity index (χ3n) is 7.12. The minimum Gasteiger partial charge on any atom is -0.494 e. The minimum atomic E-state index is 0.100. The number of rotatable bonds is 3. The molecule has 2 bridgehead atoms. The number of hydrogen-bond acceptors (Lipinski definition) is 4. The predicted octanol–water partition coefficient (Wildman–Crippen LogP) is 3.98. The molecule has 4 fully saturated rings. The molecule has 4 aliphatic heterocycles. The second-order valence-electron chi connectivity index (χ2n) is 9.73. The number of fused-ring (bicyclic) bond motifs is 4. The normalized spacial score (nSPS) is 26.3. The van der Waals surface area contributed by atoms with Crippen LogP contribution in [0, 0.1) is 28.6 Å². The zero-order valence-corrected chi connectivity index (χ0v) is 18.5. The van der Waals surface area contributed by atoms with Crippen LogP contribution in [0.25, 0.3) is 0 Å². The van der Waals surface area contributed by atoms with Gasteiger partial charge in [-0.15, -0.1) is 0 Å². The predicted molar refractivity (Wildman–Crippen MR) is 118 cm³/mol. The van der Waals surface area contributed by atoms with Crippen molar-refractivity contribution < 1.29 is 9.53 Å². The Morgan fingerprint density at radius 3 is 2.47 bits per heavy atom. The molecule has 162 valence electrons. The monoisotopic (exact) mass is 410 g/mol. The Hall–Kier alpha value is -2.42. The van der Waals surface area contributed by atoms with Crippen LogP contribution in [0.2, 0.25) is 0 Å². The lowest BCUT2D eigenvalue weighted by atomic mass is 9.73. The Kier molecular flexibility index (Phi) is 5.81. The van der Waals surface area contributed by atoms with E-state index in [0.29, 0.717) is 25.6 Å². The Balaban J connectivity index is 1.51. The average molecular weight is 411 g/mol. The van der Waals surface area contributed by atoms with E-state index in [1.165, 1.54) is 5.69 Å². The Bertz CT molecular complexity index is 792. The summed E-state index contributed by atoms with van der Waals surface area (Å²) >= 11 is 0. The summed E-state index contributed by atoms with van der Waals surface area (Å²) in [6.45, 7) is 11.3. The van der Waals surface area contributed by atoms with Crippen molar-refractivity contribution in [1.82, 2.24) is 9.80 Å². The number of anilines is 1. The molecular formula is C24H34N4O2. The maximum Gasteiger partial charge on any atom is 0.320 e. The lowest BCUT2D eigenvalue weighted by Crippen LogP contribution is -2.55. The van der Waals surface area contributed by atoms with Crippen molar-refractivity contribution in [3.63, 3.8) is 0 Å². The van der Waals surface area contributed by atoms with Crippen molar-refractivity contribution in [2.45, 2.75) is 46.1 Å². The quantitative estimate of drug-likeness (QED) is 0.756. The van der Waals surface area contributed by atoms with Crippen molar-refractivity contribution in [3.05, 3.63) is 24.3 Å². The summed E-state index contributed by atoms with van der Waals surface area (Å²) in [5.41, 5.74) is 1.36. The number of ether oxygens (including phenoxy) is 1. The first kappa shape index (κ1) is 20.8. The van der Waals surface area contributed by atoms with E-state index in [1.807, 2.05) is 24.0 Å². The largest absolute Gasteiger partial charge is 0.494 e. The first-order valence-corrected chi connectivity index (χ1v) is 11.3. The second-order valence-corrected chi connectivity index (χ2v) is 9.73. The first-order valence-electron chi connectivity index (χ1n) is 11.3. The number of likely N-dealkylation sites (tertiary alicyclic amines) is 1. The molecule has 4 aliphatic rings. The summed E-state index contributed by atoms with van der Waals surface area (Å²) in [6, 6.07) is 11.2. The summed E-state index contributed by atoms with van der Waals surface area (Å²) in [5.74, 6) is 1.47. The van der Waals surface area contributed by atoms with Gasteiger partial charge in [0.2, 0.25) is 0 Å². The number of urea groups is 1. The van der Waals surface area contributed by atoms with Crippen molar-refractivity contribution in [2.24, 2.45) is 17.3 Å². The number of piperidine rings is 2. The van der Waals surface area contributed by atoms with E-state index >= 15 is 0 Å². The molecule has 0 aliphatic carbocycles. The number of nitrogens with zero attached hydrogens (tertiary/aromatic N) is 4. The summed E-state index contributed by atoms with van der Waals surface area (Å²) in [7, 11) is 0. The zero-order chi connectivity index (χ0) is 21.3. The lowest BCUT2D eigenvalue weighted by Gasteiger charge is -2.48. The molecule has 1 unspecified atom stereocenters. The maximum atomic E-state index is 13.3. The lowest BCUT2D eigenvalue weighted by molar-refractivity contribution is 0.135. The van der Waals surface area contributed by atoms with Crippen LogP contribution in [0.5, 0.6) is 5.75 Å². The summed E-state index contributed by atoms with van der Waals surface area (Å²) in [4.78, 5) is 19.9. The zero-order valence-electron chi connectivity index (χ0n) is 18.5. The molecule has 0 N–H and O–H groups in total. The van der Waals surface area contributed by atoms with Gasteiger partial charge in [0.1, 0.15) is 5.75 Å². The molecule has 1 aromatic rings. The number of hydrogen-bond donors (Lipinski definition) is 0. The number of nitriles is 1. The Labute approximate surface area is 180 Å². The molecule has 5 rings (SSSR count). The average Bonchev–Trinajstić information content (AvgIpc) is 3.01. The van der Waals surface area contributed by atoms with E-state index in [1.54, 1.807) is 0 Å². The maximum absolute atomic E-state index is 13.3. The Morgan fingerprint density at radius 1 is 1.13 bits per heavy atom. The molecule has 0 spiro atoms. The van der Waals surface area contributed by atoms with E-state index in [-0.39, 0.29) is 23.4 Å². The topological polar surface area (TPSA) is 59.8 Å². The SMILES string of the molecule is CCOc1ccc(N2C[C@H]3CN(C(=O)N4CCC(C#N)CC4)CC2C(C)(C)C3)cc1. The highest BCUT2D eigenvalue weighted by atomic mass is 16.5. The fourth-order valence-corrected chi connectivity index (χ4v) is 5.58. The van der Waals surface area contributed by atoms with Gasteiger partial charge < -0.3 is 19.4 Å². The molecule has 6 heteroatoms. The van der Waals surface area contributed by atoms with Gasteiger partial charge in [0.05, 0.1) is 18.7 Å². The van der Waals surface area contributed by atoms with E-state index in [2.05, 4.69) is 41.8 Å². The van der Waals surface area contributed by atoms with Crippen molar-refractivity contribution in [3.8, 4) is 11.8 Å². The molecule has 0 aromatic heterocycles. The summed E-state index contributed by atoms with van der Waals surface area (Å²) < 4.78 is 5.61. The molecule has 2 amide bonds. The number of carbonyl (C=O) groups is 1. The van der Waals surface area contributed by atoms with Crippen LogP contribution >= 0.6 is 0 Å². The van der Waals surface area contributed by atoms with Gasteiger partial charge in [0, 0.05) is 44.3 Å². The molecule has 1 aromatic carbocycles. The molecule has 4 heterocycles. The number of benzene rings is 1. The van der Waals surface area contributed by atoms with Crippen LogP contribution in [0.3, 0.4) is 0 Å². The van der Waals surface area contributed by atoms with E-state index in [9.17, 15) is 4.79 Å². The van der Waals surface area contributed by atoms with Crippen molar-refractivity contribution in [2.75, 3.05) is 44.2 Å². The third-order valence-corrected chi connectivity index (χ3v) is 7.12. The Morgan fingerprint density at radius 2 is 1.83 bits per heavy atom. The van der Waals surface area contributed by atoms with Gasteiger partial charge in [-0.25, -0.2) is 4.79 Å². The molecule has 2 atom stereocenters. The highest BCUT2D eigenvalue weighted by Crippen LogP contribution is 2.43. The van der Waals surface area contributed by atoms with Crippen LogP contribution in [0.15, 0.2) is 24.3 Å². The van der Waals surface area contributed by atoms with Crippen LogP contribution in [-0.2, 0) is 0 Å². The van der Waals surface area contributed by atoms with Crippen LogP contribution in [0.4, 0.5) is 10.5 Å². The van der Waals surface area contributed by atoms with Crippen molar-refractivity contribution >= 4 is 11.7 Å². The highest BCUT2D eigenvalue weighted by Gasteiger charge is 2.47. The minimum absolute atomic E-state index is 0.100. The fourth-order valence-electron chi connectivity index (χ4n) is 5.58. The van der Waals surface area contributed by atoms with Gasteiger partial charge in [0.25, 0.3) is 0 Å². The van der Waals surface area contributed by atoms with E-state index in [4.69, 9.17) is 10.00 Å². The highest BCUT2D eigenvalue weighted by molar-refractivity contribution is 5.75. The van der Waals surface area contributed by atoms with E-state index < -0.39 is 0 Å². The summed E-state index contributed by atoms with van der Waals surface area (Å²) in [6.07, 6.45) is 2.74. The fraction of sp³-hybridized carbons (Fsp3) is 0.667. The standard InChI is InChI=1S/C24H34N4O2/c1-4-30-21-7-5-20(6-8-21)28-16-19-13-24(2,3)22(28)17-27(15-19)23(29)26-11-9-18(14-25)10-12-26/h5-8,18-19,22H,4,9-13,15-17H2,1-3H3/t19-,22?/m1/s1. The number of amides is 2. The molecule has 0 radical (unpaired) electrons. The first-order chi connectivity index (χ1) is 14.4. The molecule has 0 saturated carbocycles. The van der Waals surface area contributed by atoms with Crippen LogP contribution in [0.1, 0.15) is 40.0 Å². The molecule has 30 heavy (non-hydrogen) atoms. The van der Waals surface area contributed by atoms with Gasteiger partial charge in [-0.05, 0) is 61.8 Å². The number of carbonyl (C=O) groups excluding carboxylic acids is 1. The van der Waals surface area contributed by atoms with Gasteiger partial charge in [-0.3, -0.25) is 0 Å². The van der Waals surface area contributed by atoms with Gasteiger partial charge in [-0.1, -0.05) is 13.8 Å².